The third-order valence-corrected chi connectivity index (χ3v) is 12.7. The minimum absolute atomic E-state index is 0.0755. The van der Waals surface area contributed by atoms with Crippen LogP contribution >= 0.6 is 11.6 Å². The van der Waals surface area contributed by atoms with Gasteiger partial charge in [-0.25, -0.2) is 24.9 Å². The number of nitrogens with one attached hydrogen (secondary N) is 3. The monoisotopic (exact) mass is 785 g/mol. The Kier molecular flexibility index (Phi) is 11.8. The maximum atomic E-state index is 13.3. The molecule has 0 radical (unpaired) electrons. The van der Waals surface area contributed by atoms with E-state index in [1.54, 1.807) is 18.2 Å². The first-order chi connectivity index (χ1) is 25.5. The van der Waals surface area contributed by atoms with Crippen LogP contribution in [0.25, 0.3) is 0 Å². The van der Waals surface area contributed by atoms with Gasteiger partial charge in [-0.2, -0.15) is 8.42 Å². The fourth-order valence-corrected chi connectivity index (χ4v) is 9.26. The molecule has 296 valence electrons. The molecule has 2 amide bonds. The van der Waals surface area contributed by atoms with Crippen molar-refractivity contribution in [1.29, 1.82) is 0 Å². The van der Waals surface area contributed by atoms with Gasteiger partial charge in [-0.3, -0.25) is 9.80 Å². The van der Waals surface area contributed by atoms with E-state index in [0.717, 1.165) is 57.1 Å². The molecule has 3 fully saturated rings. The largest absolute Gasteiger partial charge is 0.494 e. The molecule has 2 aliphatic heterocycles. The van der Waals surface area contributed by atoms with E-state index in [2.05, 4.69) is 46.2 Å². The molecule has 54 heavy (non-hydrogen) atoms. The van der Waals surface area contributed by atoms with Gasteiger partial charge in [0, 0.05) is 18.6 Å². The van der Waals surface area contributed by atoms with Crippen LogP contribution in [0, 0.1) is 17.8 Å². The van der Waals surface area contributed by atoms with Crippen molar-refractivity contribution >= 4 is 45.3 Å². The Morgan fingerprint density at radius 3 is 2.37 bits per heavy atom. The first-order valence-corrected chi connectivity index (χ1v) is 21.3. The average Bonchev–Trinajstić information content (AvgIpc) is 3.55. The van der Waals surface area contributed by atoms with Gasteiger partial charge in [0.15, 0.2) is 5.03 Å². The molecule has 1 atom stereocenters. The zero-order valence-electron chi connectivity index (χ0n) is 32.4. The number of rotatable bonds is 14. The van der Waals surface area contributed by atoms with E-state index < -0.39 is 21.5 Å². The van der Waals surface area contributed by atoms with Crippen molar-refractivity contribution in [3.63, 3.8) is 0 Å². The van der Waals surface area contributed by atoms with Crippen LogP contribution in [0.4, 0.5) is 16.4 Å². The van der Waals surface area contributed by atoms with Crippen molar-refractivity contribution in [2.45, 2.75) is 127 Å². The standard InChI is InChI=1S/C39H56ClN7O6S/c1-7-22-52-30-25-47(45-39(30,27-13-8-14-27)28-15-9-16-28)32-20-19-29(34(40)43-32)35(48)44-54(50,51)33-18-10-17-31(42-33)41-21-11-12-26-23-38(5,6)46(24-26)36(49)53-37(2,3)4/h10,17-20,25-28,45H,7-9,11-16,21-24H2,1-6H3,(H,41,42)(H,44,48)/t26-/m0/s1. The lowest BCUT2D eigenvalue weighted by molar-refractivity contribution is 0.0130. The van der Waals surface area contributed by atoms with Gasteiger partial charge in [0.1, 0.15) is 33.7 Å². The van der Waals surface area contributed by atoms with E-state index in [1.165, 1.54) is 25.0 Å². The van der Waals surface area contributed by atoms with Gasteiger partial charge in [0.2, 0.25) is 0 Å². The average molecular weight is 786 g/mol. The van der Waals surface area contributed by atoms with Crippen molar-refractivity contribution in [3.05, 3.63) is 53.0 Å². The molecule has 6 rings (SSSR count). The number of nitrogens with zero attached hydrogens (tertiary/aromatic N) is 4. The zero-order valence-corrected chi connectivity index (χ0v) is 34.0. The minimum Gasteiger partial charge on any atom is -0.494 e. The summed E-state index contributed by atoms with van der Waals surface area (Å²) < 4.78 is 40.7. The van der Waals surface area contributed by atoms with Crippen molar-refractivity contribution in [2.24, 2.45) is 17.8 Å². The number of amides is 2. The number of hydrogen-bond donors (Lipinski definition) is 3. The number of hydrazine groups is 1. The Balaban J connectivity index is 1.05. The quantitative estimate of drug-likeness (QED) is 0.130. The van der Waals surface area contributed by atoms with Crippen LogP contribution in [0.5, 0.6) is 0 Å². The topological polar surface area (TPSA) is 155 Å². The predicted molar refractivity (Wildman–Crippen MR) is 208 cm³/mol. The van der Waals surface area contributed by atoms with Crippen LogP contribution in [-0.4, -0.2) is 71.7 Å². The van der Waals surface area contributed by atoms with E-state index in [4.69, 9.17) is 21.1 Å². The number of carbonyl (C=O) groups excluding carboxylic acids is 2. The molecule has 2 aromatic rings. The number of likely N-dealkylation sites (tertiary alicyclic amines) is 1. The molecule has 0 bridgehead atoms. The lowest BCUT2D eigenvalue weighted by Crippen LogP contribution is -2.62. The van der Waals surface area contributed by atoms with Crippen LogP contribution in [0.1, 0.15) is 116 Å². The Labute approximate surface area is 325 Å². The van der Waals surface area contributed by atoms with Crippen molar-refractivity contribution in [1.82, 2.24) is 25.0 Å². The Morgan fingerprint density at radius 1 is 1.06 bits per heavy atom. The number of aromatic nitrogens is 2. The molecule has 4 heterocycles. The highest BCUT2D eigenvalue weighted by Gasteiger charge is 2.56. The summed E-state index contributed by atoms with van der Waals surface area (Å²) in [6.07, 6.45) is 12.0. The molecule has 13 nitrogen and oxygen atoms in total. The number of halogens is 1. The molecular formula is C39H56ClN7O6S. The van der Waals surface area contributed by atoms with Crippen LogP contribution in [0.15, 0.2) is 47.3 Å². The summed E-state index contributed by atoms with van der Waals surface area (Å²) in [5.41, 5.74) is 2.51. The first-order valence-electron chi connectivity index (χ1n) is 19.4. The summed E-state index contributed by atoms with van der Waals surface area (Å²) in [6, 6.07) is 7.70. The van der Waals surface area contributed by atoms with Crippen LogP contribution in [0.2, 0.25) is 5.15 Å². The molecule has 1 saturated heterocycles. The van der Waals surface area contributed by atoms with Gasteiger partial charge >= 0.3 is 6.09 Å². The second-order valence-electron chi connectivity index (χ2n) is 16.8. The number of pyridine rings is 2. The van der Waals surface area contributed by atoms with E-state index in [-0.39, 0.29) is 32.9 Å². The van der Waals surface area contributed by atoms with Gasteiger partial charge in [-0.15, -0.1) is 0 Å². The summed E-state index contributed by atoms with van der Waals surface area (Å²) in [5.74, 6) is 2.11. The van der Waals surface area contributed by atoms with E-state index >= 15 is 0 Å². The second kappa shape index (κ2) is 15.9. The number of ether oxygens (including phenoxy) is 2. The molecule has 4 aliphatic rings. The normalized spacial score (nSPS) is 21.2. The predicted octanol–water partition coefficient (Wildman–Crippen LogP) is 7.41. The molecule has 2 aromatic heterocycles. The van der Waals surface area contributed by atoms with Gasteiger partial charge in [0.05, 0.1) is 18.4 Å². The molecule has 0 aromatic carbocycles. The summed E-state index contributed by atoms with van der Waals surface area (Å²) >= 11 is 6.55. The maximum Gasteiger partial charge on any atom is 0.410 e. The summed E-state index contributed by atoms with van der Waals surface area (Å²) in [7, 11) is -4.34. The lowest BCUT2D eigenvalue weighted by Gasteiger charge is -2.52. The van der Waals surface area contributed by atoms with E-state index in [9.17, 15) is 18.0 Å². The highest BCUT2D eigenvalue weighted by Crippen LogP contribution is 2.53. The fraction of sp³-hybridized carbons (Fsp3) is 0.641. The molecule has 15 heteroatoms. The first kappa shape index (κ1) is 40.1. The number of anilines is 2. The zero-order chi connectivity index (χ0) is 38.9. The van der Waals surface area contributed by atoms with Crippen molar-refractivity contribution in [3.8, 4) is 0 Å². The van der Waals surface area contributed by atoms with Gasteiger partial charge in [0.25, 0.3) is 15.9 Å². The van der Waals surface area contributed by atoms with Crippen LogP contribution in [-0.2, 0) is 19.5 Å². The molecule has 0 unspecified atom stereocenters. The minimum atomic E-state index is -4.34. The van der Waals surface area contributed by atoms with Gasteiger partial charge in [-0.1, -0.05) is 37.4 Å². The van der Waals surface area contributed by atoms with E-state index in [0.29, 0.717) is 49.1 Å². The third-order valence-electron chi connectivity index (χ3n) is 11.1. The summed E-state index contributed by atoms with van der Waals surface area (Å²) in [6.45, 7) is 13.6. The SMILES string of the molecule is CCCOC1=CN(c2ccc(C(=O)NS(=O)(=O)c3cccc(NCCC[C@@H]4CN(C(=O)OC(C)(C)C)C(C)(C)C4)n3)c(Cl)n2)NC1(C1CCC1)C1CCC1. The van der Waals surface area contributed by atoms with Crippen molar-refractivity contribution in [2.75, 3.05) is 30.0 Å². The Hall–Kier alpha value is -3.62. The summed E-state index contributed by atoms with van der Waals surface area (Å²) in [5, 5.41) is 4.60. The van der Waals surface area contributed by atoms with Crippen LogP contribution in [0.3, 0.4) is 0 Å². The highest BCUT2D eigenvalue weighted by molar-refractivity contribution is 7.90. The second-order valence-corrected chi connectivity index (χ2v) is 18.8. The summed E-state index contributed by atoms with van der Waals surface area (Å²) in [4.78, 5) is 36.7. The highest BCUT2D eigenvalue weighted by atomic mass is 35.5. The molecular weight excluding hydrogens is 730 g/mol. The molecule has 3 N–H and O–H groups in total. The van der Waals surface area contributed by atoms with Gasteiger partial charge < -0.3 is 19.7 Å². The molecule has 2 aliphatic carbocycles. The third kappa shape index (κ3) is 8.60. The van der Waals surface area contributed by atoms with Crippen molar-refractivity contribution < 1.29 is 27.5 Å². The Morgan fingerprint density at radius 2 is 1.76 bits per heavy atom. The fourth-order valence-electron chi connectivity index (χ4n) is 8.09. The van der Waals surface area contributed by atoms with E-state index in [1.807, 2.05) is 36.9 Å². The van der Waals surface area contributed by atoms with Gasteiger partial charge in [-0.05, 0) is 128 Å². The molecule has 2 saturated carbocycles. The maximum absolute atomic E-state index is 13.3. The number of carbonyl (C=O) groups is 2. The lowest BCUT2D eigenvalue weighted by atomic mass is 9.59. The smallest absolute Gasteiger partial charge is 0.410 e. The molecule has 0 spiro atoms. The Bertz CT molecular complexity index is 1830. The number of hydrogen-bond acceptors (Lipinski definition) is 11. The van der Waals surface area contributed by atoms with Crippen LogP contribution < -0.4 is 20.5 Å². The number of sulfonamides is 1.